The maximum absolute atomic E-state index is 16.3. The first kappa shape index (κ1) is 24.7. The summed E-state index contributed by atoms with van der Waals surface area (Å²) in [6.45, 7) is 7.46. The number of aromatic hydroxyl groups is 1. The van der Waals surface area contributed by atoms with Crippen molar-refractivity contribution in [3.63, 3.8) is 0 Å². The van der Waals surface area contributed by atoms with Crippen LogP contribution < -0.4 is 9.64 Å². The molecule has 0 radical (unpaired) electrons. The van der Waals surface area contributed by atoms with E-state index in [1.807, 2.05) is 13.8 Å². The van der Waals surface area contributed by atoms with Crippen molar-refractivity contribution in [2.75, 3.05) is 18.0 Å². The van der Waals surface area contributed by atoms with Gasteiger partial charge in [-0.05, 0) is 56.2 Å². The van der Waals surface area contributed by atoms with Crippen molar-refractivity contribution in [1.82, 2.24) is 15.0 Å². The van der Waals surface area contributed by atoms with Crippen LogP contribution >= 0.6 is 0 Å². The zero-order valence-electron chi connectivity index (χ0n) is 21.1. The van der Waals surface area contributed by atoms with E-state index in [9.17, 15) is 9.50 Å². The van der Waals surface area contributed by atoms with Crippen LogP contribution in [0.4, 0.5) is 14.6 Å². The van der Waals surface area contributed by atoms with Gasteiger partial charge in [0.1, 0.15) is 40.3 Å². The Hall–Kier alpha value is -3.99. The Kier molecular flexibility index (Phi) is 6.55. The molecule has 0 bridgehead atoms. The number of phenols is 1. The highest BCUT2D eigenvalue weighted by Crippen LogP contribution is 2.41. The molecule has 37 heavy (non-hydrogen) atoms. The van der Waals surface area contributed by atoms with Crippen molar-refractivity contribution >= 4 is 27.5 Å². The Balaban J connectivity index is 1.82. The van der Waals surface area contributed by atoms with E-state index in [1.54, 1.807) is 0 Å². The molecule has 1 aliphatic rings. The topological polar surface area (TPSA) is 71.4 Å². The molecule has 1 saturated heterocycles. The van der Waals surface area contributed by atoms with Crippen molar-refractivity contribution in [3.8, 4) is 35.2 Å². The first-order chi connectivity index (χ1) is 17.8. The predicted molar refractivity (Wildman–Crippen MR) is 141 cm³/mol. The molecule has 1 aliphatic heterocycles. The Morgan fingerprint density at radius 1 is 1.22 bits per heavy atom. The van der Waals surface area contributed by atoms with Crippen LogP contribution in [0.5, 0.6) is 11.6 Å². The highest BCUT2D eigenvalue weighted by Gasteiger charge is 2.28. The van der Waals surface area contributed by atoms with E-state index in [4.69, 9.17) is 11.2 Å². The minimum Gasteiger partial charge on any atom is -0.508 e. The molecule has 0 spiro atoms. The van der Waals surface area contributed by atoms with Crippen LogP contribution in [0.25, 0.3) is 32.9 Å². The molecule has 190 valence electrons. The predicted octanol–water partition coefficient (Wildman–Crippen LogP) is 6.22. The summed E-state index contributed by atoms with van der Waals surface area (Å²) in [5.41, 5.74) is 0.0161. The van der Waals surface area contributed by atoms with Gasteiger partial charge in [0.25, 0.3) is 0 Å². The molecule has 8 heteroatoms. The SMILES string of the molecule is C#Cc1c(F)ccc2cc(O)cc(-c3nc(OC(C)C)c4c(N5CCCC(CC)C5)ncnc4c3F)c12. The van der Waals surface area contributed by atoms with Crippen molar-refractivity contribution in [2.24, 2.45) is 5.92 Å². The summed E-state index contributed by atoms with van der Waals surface area (Å²) >= 11 is 0. The molecular formula is C29H28F2N4O2. The molecule has 5 rings (SSSR count). The Labute approximate surface area is 214 Å². The molecular weight excluding hydrogens is 474 g/mol. The van der Waals surface area contributed by atoms with E-state index in [1.165, 1.54) is 30.6 Å². The molecule has 1 fully saturated rings. The Bertz CT molecular complexity index is 1550. The summed E-state index contributed by atoms with van der Waals surface area (Å²) in [6, 6.07) is 5.49. The van der Waals surface area contributed by atoms with Gasteiger partial charge in [-0.1, -0.05) is 25.3 Å². The second kappa shape index (κ2) is 9.81. The van der Waals surface area contributed by atoms with E-state index in [0.717, 1.165) is 32.4 Å². The summed E-state index contributed by atoms with van der Waals surface area (Å²) in [5, 5.41) is 11.6. The van der Waals surface area contributed by atoms with Gasteiger partial charge in [0.2, 0.25) is 5.88 Å². The van der Waals surface area contributed by atoms with Gasteiger partial charge in [0.15, 0.2) is 5.82 Å². The molecule has 0 saturated carbocycles. The van der Waals surface area contributed by atoms with Crippen molar-refractivity contribution < 1.29 is 18.6 Å². The molecule has 0 aliphatic carbocycles. The van der Waals surface area contributed by atoms with E-state index < -0.39 is 11.6 Å². The number of piperidine rings is 1. The van der Waals surface area contributed by atoms with Crippen LogP contribution in [-0.4, -0.2) is 39.3 Å². The first-order valence-electron chi connectivity index (χ1n) is 12.5. The van der Waals surface area contributed by atoms with Gasteiger partial charge >= 0.3 is 0 Å². The number of hydrogen-bond acceptors (Lipinski definition) is 6. The monoisotopic (exact) mass is 502 g/mol. The Morgan fingerprint density at radius 2 is 2.03 bits per heavy atom. The van der Waals surface area contributed by atoms with Gasteiger partial charge in [-0.3, -0.25) is 0 Å². The van der Waals surface area contributed by atoms with Gasteiger partial charge < -0.3 is 14.7 Å². The van der Waals surface area contributed by atoms with Crippen LogP contribution in [0.2, 0.25) is 0 Å². The number of terminal acetylenes is 1. The average Bonchev–Trinajstić information content (AvgIpc) is 2.89. The van der Waals surface area contributed by atoms with Crippen molar-refractivity contribution in [3.05, 3.63) is 47.8 Å². The van der Waals surface area contributed by atoms with Gasteiger partial charge in [-0.2, -0.15) is 0 Å². The number of halogens is 2. The zero-order valence-corrected chi connectivity index (χ0v) is 21.1. The number of hydrogen-bond donors (Lipinski definition) is 1. The van der Waals surface area contributed by atoms with Gasteiger partial charge in [0.05, 0.1) is 11.7 Å². The van der Waals surface area contributed by atoms with Crippen LogP contribution in [0.3, 0.4) is 0 Å². The molecule has 1 unspecified atom stereocenters. The average molecular weight is 503 g/mol. The number of fused-ring (bicyclic) bond motifs is 2. The summed E-state index contributed by atoms with van der Waals surface area (Å²) in [5.74, 6) is 2.15. The van der Waals surface area contributed by atoms with Gasteiger partial charge in [-0.15, -0.1) is 6.42 Å². The number of pyridine rings is 1. The molecule has 1 N–H and O–H groups in total. The minimum atomic E-state index is -0.724. The van der Waals surface area contributed by atoms with E-state index in [2.05, 4.69) is 32.7 Å². The maximum Gasteiger partial charge on any atom is 0.227 e. The highest BCUT2D eigenvalue weighted by molar-refractivity contribution is 6.04. The van der Waals surface area contributed by atoms with Crippen molar-refractivity contribution in [2.45, 2.75) is 46.1 Å². The fraction of sp³-hybridized carbons (Fsp3) is 0.345. The lowest BCUT2D eigenvalue weighted by molar-refractivity contribution is 0.236. The third kappa shape index (κ3) is 4.39. The standard InChI is InChI=1S/C29H28F2N4O2/c1-5-17-8-7-11-35(14-17)28-24-27(32-15-33-28)25(31)26(34-29(24)37-16(3)4)21-13-19(36)12-18-9-10-22(30)20(6-2)23(18)21/h2,9-10,12-13,15-17,36H,5,7-8,11,14H2,1,3-4H3. The largest absolute Gasteiger partial charge is 0.508 e. The third-order valence-electron chi connectivity index (χ3n) is 6.86. The minimum absolute atomic E-state index is 0.0394. The van der Waals surface area contributed by atoms with Crippen LogP contribution in [0.15, 0.2) is 30.6 Å². The summed E-state index contributed by atoms with van der Waals surface area (Å²) in [7, 11) is 0. The molecule has 6 nitrogen and oxygen atoms in total. The zero-order chi connectivity index (χ0) is 26.3. The second-order valence-corrected chi connectivity index (χ2v) is 9.69. The first-order valence-corrected chi connectivity index (χ1v) is 12.5. The number of phenolic OH excluding ortho intramolecular Hbond substituents is 1. The molecule has 2 aromatic carbocycles. The number of ether oxygens (including phenoxy) is 1. The van der Waals surface area contributed by atoms with Crippen LogP contribution in [0, 0.1) is 29.9 Å². The summed E-state index contributed by atoms with van der Waals surface area (Å²) < 4.78 is 37.1. The molecule has 0 amide bonds. The number of rotatable bonds is 5. The van der Waals surface area contributed by atoms with Crippen LogP contribution in [0.1, 0.15) is 45.6 Å². The van der Waals surface area contributed by atoms with Gasteiger partial charge in [0, 0.05) is 24.0 Å². The van der Waals surface area contributed by atoms with Crippen LogP contribution in [-0.2, 0) is 0 Å². The van der Waals surface area contributed by atoms with E-state index in [-0.39, 0.29) is 45.5 Å². The second-order valence-electron chi connectivity index (χ2n) is 9.69. The molecule has 3 heterocycles. The Morgan fingerprint density at radius 3 is 2.76 bits per heavy atom. The van der Waals surface area contributed by atoms with E-state index in [0.29, 0.717) is 22.5 Å². The lowest BCUT2D eigenvalue weighted by atomic mass is 9.95. The van der Waals surface area contributed by atoms with Gasteiger partial charge in [-0.25, -0.2) is 23.7 Å². The number of anilines is 1. The van der Waals surface area contributed by atoms with Crippen molar-refractivity contribution in [1.29, 1.82) is 0 Å². The fourth-order valence-electron chi connectivity index (χ4n) is 5.13. The molecule has 1 atom stereocenters. The summed E-state index contributed by atoms with van der Waals surface area (Å²) in [6.07, 6.45) is 9.90. The lowest BCUT2D eigenvalue weighted by Crippen LogP contribution is -2.36. The highest BCUT2D eigenvalue weighted by atomic mass is 19.1. The molecule has 4 aromatic rings. The maximum atomic E-state index is 16.3. The number of benzene rings is 2. The summed E-state index contributed by atoms with van der Waals surface area (Å²) in [4.78, 5) is 15.5. The third-order valence-corrected chi connectivity index (χ3v) is 6.86. The number of nitrogens with zero attached hydrogens (tertiary/aromatic N) is 4. The fourth-order valence-corrected chi connectivity index (χ4v) is 5.13. The number of aromatic nitrogens is 3. The lowest BCUT2D eigenvalue weighted by Gasteiger charge is -2.33. The smallest absolute Gasteiger partial charge is 0.227 e. The normalized spacial score (nSPS) is 15.9. The quantitative estimate of drug-likeness (QED) is 0.327. The molecule has 2 aromatic heterocycles. The van der Waals surface area contributed by atoms with E-state index >= 15 is 4.39 Å².